The predicted molar refractivity (Wildman–Crippen MR) is 101 cm³/mol. The number of benzene rings is 3. The number of carboxylic acid groups (broad SMARTS) is 1. The van der Waals surface area contributed by atoms with Crippen LogP contribution in [0.2, 0.25) is 0 Å². The first-order valence-electron chi connectivity index (χ1n) is 8.63. The Bertz CT molecular complexity index is 1080. The Morgan fingerprint density at radius 2 is 1.61 bits per heavy atom. The van der Waals surface area contributed by atoms with Gasteiger partial charge in [0.2, 0.25) is 0 Å². The predicted octanol–water partition coefficient (Wildman–Crippen LogP) is 0.0362. The largest absolute Gasteiger partial charge is 1.00 e. The van der Waals surface area contributed by atoms with Crippen molar-refractivity contribution in [1.29, 1.82) is 0 Å². The fraction of sp³-hybridized carbons (Fsp3) is 0.0909. The zero-order valence-corrected chi connectivity index (χ0v) is 17.5. The molecule has 1 aromatic heterocycles. The van der Waals surface area contributed by atoms with E-state index in [2.05, 4.69) is 4.98 Å². The van der Waals surface area contributed by atoms with Crippen molar-refractivity contribution in [3.8, 4) is 17.1 Å². The van der Waals surface area contributed by atoms with E-state index >= 15 is 0 Å². The van der Waals surface area contributed by atoms with Gasteiger partial charge < -0.3 is 19.2 Å². The van der Waals surface area contributed by atoms with E-state index in [4.69, 9.17) is 4.74 Å². The Kier molecular flexibility index (Phi) is 6.52. The SMILES string of the molecule is O=C([O-])Cn1c(-c2ccc(OCc3ccccc3)cc2)nc2ccccc21.[Na+]. The summed E-state index contributed by atoms with van der Waals surface area (Å²) in [6.07, 6.45) is 0. The van der Waals surface area contributed by atoms with E-state index in [1.165, 1.54) is 0 Å². The minimum atomic E-state index is -1.15. The van der Waals surface area contributed by atoms with E-state index in [-0.39, 0.29) is 36.1 Å². The smallest absolute Gasteiger partial charge is 0.548 e. The van der Waals surface area contributed by atoms with Crippen molar-refractivity contribution in [1.82, 2.24) is 9.55 Å². The first kappa shape index (κ1) is 20.1. The monoisotopic (exact) mass is 380 g/mol. The number of rotatable bonds is 6. The zero-order valence-electron chi connectivity index (χ0n) is 15.5. The zero-order chi connectivity index (χ0) is 18.6. The fourth-order valence-electron chi connectivity index (χ4n) is 3.03. The Morgan fingerprint density at radius 1 is 0.929 bits per heavy atom. The molecule has 0 fully saturated rings. The van der Waals surface area contributed by atoms with Gasteiger partial charge in [-0.3, -0.25) is 0 Å². The third kappa shape index (κ3) is 4.44. The van der Waals surface area contributed by atoms with Crippen molar-refractivity contribution in [2.24, 2.45) is 0 Å². The molecular formula is C22H17N2NaO3. The van der Waals surface area contributed by atoms with Crippen molar-refractivity contribution in [3.05, 3.63) is 84.4 Å². The van der Waals surface area contributed by atoms with Crippen LogP contribution in [0.5, 0.6) is 5.75 Å². The third-order valence-electron chi connectivity index (χ3n) is 4.30. The first-order valence-corrected chi connectivity index (χ1v) is 8.63. The van der Waals surface area contributed by atoms with Gasteiger partial charge in [0, 0.05) is 5.56 Å². The number of hydrogen-bond acceptors (Lipinski definition) is 4. The van der Waals surface area contributed by atoms with Gasteiger partial charge in [-0.2, -0.15) is 0 Å². The molecule has 0 aliphatic carbocycles. The molecule has 0 N–H and O–H groups in total. The van der Waals surface area contributed by atoms with Gasteiger partial charge in [-0.25, -0.2) is 4.98 Å². The first-order chi connectivity index (χ1) is 13.2. The van der Waals surface area contributed by atoms with Crippen LogP contribution in [-0.2, 0) is 17.9 Å². The van der Waals surface area contributed by atoms with Crippen molar-refractivity contribution in [3.63, 3.8) is 0 Å². The molecule has 3 aromatic carbocycles. The van der Waals surface area contributed by atoms with Crippen LogP contribution < -0.4 is 39.4 Å². The number of fused-ring (bicyclic) bond motifs is 1. The van der Waals surface area contributed by atoms with E-state index in [1.807, 2.05) is 78.9 Å². The molecular weight excluding hydrogens is 363 g/mol. The summed E-state index contributed by atoms with van der Waals surface area (Å²) in [5.74, 6) is 0.183. The maximum Gasteiger partial charge on any atom is 1.00 e. The van der Waals surface area contributed by atoms with Crippen molar-refractivity contribution < 1.29 is 44.2 Å². The molecule has 28 heavy (non-hydrogen) atoms. The maximum atomic E-state index is 11.2. The summed E-state index contributed by atoms with van der Waals surface area (Å²) >= 11 is 0. The van der Waals surface area contributed by atoms with E-state index in [0.29, 0.717) is 12.4 Å². The molecule has 0 radical (unpaired) electrons. The van der Waals surface area contributed by atoms with Crippen molar-refractivity contribution in [2.45, 2.75) is 13.2 Å². The number of nitrogens with zero attached hydrogens (tertiary/aromatic N) is 2. The molecule has 0 amide bonds. The van der Waals surface area contributed by atoms with E-state index < -0.39 is 5.97 Å². The normalized spacial score (nSPS) is 10.4. The minimum Gasteiger partial charge on any atom is -0.548 e. The van der Waals surface area contributed by atoms with Gasteiger partial charge in [0.1, 0.15) is 18.2 Å². The number of aromatic nitrogens is 2. The molecule has 5 nitrogen and oxygen atoms in total. The number of carbonyl (C=O) groups excluding carboxylic acids is 1. The van der Waals surface area contributed by atoms with Crippen LogP contribution in [0.4, 0.5) is 0 Å². The molecule has 0 saturated heterocycles. The molecule has 0 saturated carbocycles. The van der Waals surface area contributed by atoms with E-state index in [1.54, 1.807) is 4.57 Å². The van der Waals surface area contributed by atoms with Gasteiger partial charge in [0.15, 0.2) is 0 Å². The summed E-state index contributed by atoms with van der Waals surface area (Å²) in [5, 5.41) is 11.2. The van der Waals surface area contributed by atoms with Crippen LogP contribution in [-0.4, -0.2) is 15.5 Å². The Morgan fingerprint density at radius 3 is 2.32 bits per heavy atom. The fourth-order valence-corrected chi connectivity index (χ4v) is 3.03. The second-order valence-corrected chi connectivity index (χ2v) is 6.18. The second kappa shape index (κ2) is 9.06. The minimum absolute atomic E-state index is 0. The number of aliphatic carboxylic acids is 1. The molecule has 0 bridgehead atoms. The molecule has 1 heterocycles. The van der Waals surface area contributed by atoms with Crippen LogP contribution in [0.3, 0.4) is 0 Å². The van der Waals surface area contributed by atoms with Gasteiger partial charge in [0.05, 0.1) is 23.5 Å². The molecule has 0 spiro atoms. The number of carbonyl (C=O) groups is 1. The summed E-state index contributed by atoms with van der Waals surface area (Å²) in [6, 6.07) is 24.9. The molecule has 134 valence electrons. The summed E-state index contributed by atoms with van der Waals surface area (Å²) in [4.78, 5) is 15.8. The number of ether oxygens (including phenoxy) is 1. The van der Waals surface area contributed by atoms with Gasteiger partial charge in [-0.15, -0.1) is 0 Å². The van der Waals surface area contributed by atoms with Gasteiger partial charge >= 0.3 is 29.6 Å². The molecule has 4 aromatic rings. The summed E-state index contributed by atoms with van der Waals surface area (Å²) in [7, 11) is 0. The standard InChI is InChI=1S/C22H18N2O3.Na/c25-21(26)14-24-20-9-5-4-8-19(20)23-22(24)17-10-12-18(13-11-17)27-15-16-6-2-1-3-7-16;/h1-13H,14-15H2,(H,25,26);/q;+1/p-1. The van der Waals surface area contributed by atoms with Crippen LogP contribution in [0, 0.1) is 0 Å². The van der Waals surface area contributed by atoms with Crippen LogP contribution in [0.1, 0.15) is 5.56 Å². The summed E-state index contributed by atoms with van der Waals surface area (Å²) in [5.41, 5.74) is 3.43. The molecule has 6 heteroatoms. The van der Waals surface area contributed by atoms with E-state index in [9.17, 15) is 9.90 Å². The Hall–Kier alpha value is -2.60. The number of para-hydroxylation sites is 2. The van der Waals surface area contributed by atoms with Gasteiger partial charge in [-0.1, -0.05) is 42.5 Å². The molecule has 4 rings (SSSR count). The quantitative estimate of drug-likeness (QED) is 0.443. The summed E-state index contributed by atoms with van der Waals surface area (Å²) in [6.45, 7) is 0.242. The van der Waals surface area contributed by atoms with Gasteiger partial charge in [-0.05, 0) is 42.0 Å². The van der Waals surface area contributed by atoms with Crippen LogP contribution in [0.15, 0.2) is 78.9 Å². The molecule has 0 unspecified atom stereocenters. The average Bonchev–Trinajstić information content (AvgIpc) is 3.06. The summed E-state index contributed by atoms with van der Waals surface area (Å²) < 4.78 is 7.46. The molecule has 0 atom stereocenters. The van der Waals surface area contributed by atoms with Crippen molar-refractivity contribution >= 4 is 17.0 Å². The Labute approximate surface area is 184 Å². The number of carboxylic acids is 1. The topological polar surface area (TPSA) is 67.2 Å². The average molecular weight is 380 g/mol. The van der Waals surface area contributed by atoms with Crippen LogP contribution >= 0.6 is 0 Å². The second-order valence-electron chi connectivity index (χ2n) is 6.18. The maximum absolute atomic E-state index is 11.2. The van der Waals surface area contributed by atoms with Gasteiger partial charge in [0.25, 0.3) is 0 Å². The van der Waals surface area contributed by atoms with Crippen LogP contribution in [0.25, 0.3) is 22.4 Å². The number of hydrogen-bond donors (Lipinski definition) is 0. The third-order valence-corrected chi connectivity index (χ3v) is 4.30. The molecule has 0 aliphatic rings. The van der Waals surface area contributed by atoms with Crippen molar-refractivity contribution in [2.75, 3.05) is 0 Å². The Balaban J connectivity index is 0.00000225. The number of imidazole rings is 1. The molecule has 0 aliphatic heterocycles. The van der Waals surface area contributed by atoms with E-state index in [0.717, 1.165) is 27.9 Å².